The molecule has 1 aromatic rings. The minimum absolute atomic E-state index is 0.0316. The second kappa shape index (κ2) is 6.95. The molecule has 6 nitrogen and oxygen atoms in total. The fourth-order valence-corrected chi connectivity index (χ4v) is 6.04. The van der Waals surface area contributed by atoms with Crippen molar-refractivity contribution in [3.63, 3.8) is 0 Å². The largest absolute Gasteiger partial charge is 0.344 e. The topological polar surface area (TPSA) is 76.0 Å². The van der Waals surface area contributed by atoms with Crippen LogP contribution in [-0.2, 0) is 16.1 Å². The maximum atomic E-state index is 13.3. The predicted molar refractivity (Wildman–Crippen MR) is 104 cm³/mol. The van der Waals surface area contributed by atoms with Crippen LogP contribution in [0.2, 0.25) is 0 Å². The molecular formula is C21H32N4O2. The number of hydrogen-bond acceptors (Lipinski definition) is 3. The zero-order valence-corrected chi connectivity index (χ0v) is 16.7. The molecule has 0 saturated heterocycles. The predicted octanol–water partition coefficient (Wildman–Crippen LogP) is 3.20. The van der Waals surface area contributed by atoms with E-state index in [1.165, 1.54) is 19.3 Å². The number of amides is 2. The molecule has 5 rings (SSSR count). The van der Waals surface area contributed by atoms with Crippen LogP contribution in [0.1, 0.15) is 59.3 Å². The number of anilines is 1. The number of carbonyl (C=O) groups excluding carboxylic acids is 2. The second-order valence-electron chi connectivity index (χ2n) is 9.47. The summed E-state index contributed by atoms with van der Waals surface area (Å²) >= 11 is 0. The van der Waals surface area contributed by atoms with Crippen molar-refractivity contribution < 1.29 is 9.59 Å². The Morgan fingerprint density at radius 1 is 1.19 bits per heavy atom. The number of nitrogens with one attached hydrogen (secondary N) is 2. The smallest absolute Gasteiger partial charge is 0.247 e. The molecule has 4 bridgehead atoms. The van der Waals surface area contributed by atoms with E-state index in [4.69, 9.17) is 0 Å². The van der Waals surface area contributed by atoms with Crippen LogP contribution in [0.3, 0.4) is 0 Å². The average Bonchev–Trinajstić information content (AvgIpc) is 3.05. The molecule has 148 valence electrons. The lowest BCUT2D eigenvalue weighted by molar-refractivity contribution is -0.148. The lowest BCUT2D eigenvalue weighted by Gasteiger charge is -2.55. The van der Waals surface area contributed by atoms with E-state index in [-0.39, 0.29) is 23.1 Å². The van der Waals surface area contributed by atoms with Gasteiger partial charge in [-0.3, -0.25) is 14.3 Å². The fraction of sp³-hybridized carbons (Fsp3) is 0.762. The quantitative estimate of drug-likeness (QED) is 0.805. The molecule has 0 unspecified atom stereocenters. The first-order valence-electron chi connectivity index (χ1n) is 10.5. The van der Waals surface area contributed by atoms with Gasteiger partial charge in [-0.05, 0) is 69.1 Å². The third kappa shape index (κ3) is 3.50. The highest BCUT2D eigenvalue weighted by molar-refractivity contribution is 5.98. The Morgan fingerprint density at radius 3 is 2.26 bits per heavy atom. The van der Waals surface area contributed by atoms with Gasteiger partial charge >= 0.3 is 0 Å². The Labute approximate surface area is 161 Å². The van der Waals surface area contributed by atoms with Crippen molar-refractivity contribution >= 4 is 17.5 Å². The Balaban J connectivity index is 1.45. The Bertz CT molecular complexity index is 688. The molecule has 4 aliphatic rings. The summed E-state index contributed by atoms with van der Waals surface area (Å²) in [7, 11) is 0. The van der Waals surface area contributed by atoms with Crippen LogP contribution < -0.4 is 10.6 Å². The highest BCUT2D eigenvalue weighted by Crippen LogP contribution is 2.60. The summed E-state index contributed by atoms with van der Waals surface area (Å²) in [6, 6.07) is -0.518. The zero-order valence-electron chi connectivity index (χ0n) is 16.7. The van der Waals surface area contributed by atoms with Gasteiger partial charge in [0.1, 0.15) is 6.04 Å². The van der Waals surface area contributed by atoms with Gasteiger partial charge in [-0.1, -0.05) is 13.8 Å². The van der Waals surface area contributed by atoms with Crippen LogP contribution in [-0.4, -0.2) is 27.6 Å². The summed E-state index contributed by atoms with van der Waals surface area (Å²) in [5, 5.41) is 10.3. The molecule has 27 heavy (non-hydrogen) atoms. The molecule has 4 fully saturated rings. The fourth-order valence-electron chi connectivity index (χ4n) is 6.04. The number of rotatable bonds is 6. The van der Waals surface area contributed by atoms with E-state index < -0.39 is 6.04 Å². The minimum Gasteiger partial charge on any atom is -0.344 e. The maximum absolute atomic E-state index is 13.3. The zero-order chi connectivity index (χ0) is 19.2. The van der Waals surface area contributed by atoms with Gasteiger partial charge in [0, 0.05) is 18.2 Å². The van der Waals surface area contributed by atoms with Gasteiger partial charge < -0.3 is 10.6 Å². The van der Waals surface area contributed by atoms with Crippen LogP contribution in [0, 0.1) is 29.1 Å². The van der Waals surface area contributed by atoms with Crippen molar-refractivity contribution in [3.8, 4) is 0 Å². The monoisotopic (exact) mass is 372 g/mol. The molecule has 4 saturated carbocycles. The molecular weight excluding hydrogens is 340 g/mol. The van der Waals surface area contributed by atoms with Crippen molar-refractivity contribution in [1.29, 1.82) is 0 Å². The van der Waals surface area contributed by atoms with E-state index in [2.05, 4.69) is 15.7 Å². The molecule has 0 aromatic carbocycles. The van der Waals surface area contributed by atoms with Crippen LogP contribution in [0.25, 0.3) is 0 Å². The molecule has 0 spiro atoms. The summed E-state index contributed by atoms with van der Waals surface area (Å²) in [6.45, 7) is 6.73. The molecule has 6 heteroatoms. The van der Waals surface area contributed by atoms with E-state index >= 15 is 0 Å². The lowest BCUT2D eigenvalue weighted by Crippen LogP contribution is -2.57. The van der Waals surface area contributed by atoms with Crippen molar-refractivity contribution in [2.75, 3.05) is 5.32 Å². The summed E-state index contributed by atoms with van der Waals surface area (Å²) < 4.78 is 1.77. The first kappa shape index (κ1) is 18.5. The highest BCUT2D eigenvalue weighted by Gasteiger charge is 2.55. The summed E-state index contributed by atoms with van der Waals surface area (Å²) in [4.78, 5) is 26.2. The van der Waals surface area contributed by atoms with Crippen molar-refractivity contribution in [3.05, 3.63) is 12.4 Å². The van der Waals surface area contributed by atoms with Crippen molar-refractivity contribution in [2.45, 2.75) is 71.9 Å². The third-order valence-corrected chi connectivity index (χ3v) is 6.98. The van der Waals surface area contributed by atoms with Crippen molar-refractivity contribution in [2.24, 2.45) is 29.1 Å². The molecule has 2 amide bonds. The van der Waals surface area contributed by atoms with E-state index in [9.17, 15) is 9.59 Å². The van der Waals surface area contributed by atoms with E-state index in [1.807, 2.05) is 27.0 Å². The lowest BCUT2D eigenvalue weighted by atomic mass is 9.49. The first-order chi connectivity index (χ1) is 12.9. The Hall–Kier alpha value is -1.85. The summed E-state index contributed by atoms with van der Waals surface area (Å²) in [5.41, 5.74) is 0.450. The average molecular weight is 373 g/mol. The molecule has 4 aliphatic carbocycles. The van der Waals surface area contributed by atoms with E-state index in [1.54, 1.807) is 10.9 Å². The van der Waals surface area contributed by atoms with Crippen LogP contribution >= 0.6 is 0 Å². The van der Waals surface area contributed by atoms with Gasteiger partial charge in [-0.2, -0.15) is 5.10 Å². The maximum Gasteiger partial charge on any atom is 0.247 e. The number of aryl methyl sites for hydroxylation is 1. The van der Waals surface area contributed by atoms with E-state index in [0.29, 0.717) is 23.4 Å². The van der Waals surface area contributed by atoms with Crippen molar-refractivity contribution in [1.82, 2.24) is 15.1 Å². The minimum atomic E-state index is -0.518. The van der Waals surface area contributed by atoms with Crippen LogP contribution in [0.4, 0.5) is 5.69 Å². The SMILES string of the molecule is CCn1cc(NC(=O)[C@H](NC(=O)C23CC4CC(CC(C4)C2)C3)C(C)C)cn1. The van der Waals surface area contributed by atoms with Gasteiger partial charge in [-0.25, -0.2) is 0 Å². The van der Waals surface area contributed by atoms with Crippen LogP contribution in [0.5, 0.6) is 0 Å². The summed E-state index contributed by atoms with van der Waals surface area (Å²) in [5.74, 6) is 2.14. The number of nitrogens with zero attached hydrogens (tertiary/aromatic N) is 2. The highest BCUT2D eigenvalue weighted by atomic mass is 16.2. The molecule has 2 N–H and O–H groups in total. The van der Waals surface area contributed by atoms with Crippen LogP contribution in [0.15, 0.2) is 12.4 Å². The molecule has 1 atom stereocenters. The molecule has 0 aliphatic heterocycles. The van der Waals surface area contributed by atoms with E-state index in [0.717, 1.165) is 25.8 Å². The third-order valence-electron chi connectivity index (χ3n) is 6.98. The molecule has 1 heterocycles. The van der Waals surface area contributed by atoms with Gasteiger partial charge in [0.05, 0.1) is 11.9 Å². The standard InChI is InChI=1S/C21H32N4O2/c1-4-25-12-17(11-22-25)23-19(26)18(13(2)3)24-20(27)21-8-14-5-15(9-21)7-16(6-14)10-21/h11-16,18H,4-10H2,1-3H3,(H,23,26)(H,24,27)/t14?,15?,16?,18-,21?/m1/s1. The van der Waals surface area contributed by atoms with Gasteiger partial charge in [0.2, 0.25) is 11.8 Å². The number of carbonyl (C=O) groups is 2. The number of aromatic nitrogens is 2. The summed E-state index contributed by atoms with van der Waals surface area (Å²) in [6.07, 6.45) is 10.4. The normalized spacial score (nSPS) is 32.5. The Morgan fingerprint density at radius 2 is 1.78 bits per heavy atom. The Kier molecular flexibility index (Phi) is 4.77. The van der Waals surface area contributed by atoms with Gasteiger partial charge in [0.15, 0.2) is 0 Å². The van der Waals surface area contributed by atoms with Gasteiger partial charge in [0.25, 0.3) is 0 Å². The molecule has 0 radical (unpaired) electrons. The number of hydrogen-bond donors (Lipinski definition) is 2. The molecule has 1 aromatic heterocycles. The first-order valence-corrected chi connectivity index (χ1v) is 10.5. The second-order valence-corrected chi connectivity index (χ2v) is 9.47. The van der Waals surface area contributed by atoms with Gasteiger partial charge in [-0.15, -0.1) is 0 Å².